The lowest BCUT2D eigenvalue weighted by Gasteiger charge is -2.21. The molecular weight excluding hydrogens is 220 g/mol. The average Bonchev–Trinajstić information content (AvgIpc) is 2.72. The molecule has 2 N–H and O–H groups in total. The minimum atomic E-state index is -0.237. The first-order chi connectivity index (χ1) is 8.04. The van der Waals surface area contributed by atoms with E-state index in [2.05, 4.69) is 24.0 Å². The summed E-state index contributed by atoms with van der Waals surface area (Å²) in [6, 6.07) is 0.280. The van der Waals surface area contributed by atoms with Crippen LogP contribution in [-0.4, -0.2) is 37.0 Å². The number of nitrogens with zero attached hydrogens (tertiary/aromatic N) is 3. The molecule has 0 aliphatic rings. The standard InChI is InChI=1S/C11H22N4O2/c1-8(2)7-15(5-6-16-4)11-14-13-10(17-11)9(3)12/h8-9H,5-7,12H2,1-4H3. The molecule has 0 spiro atoms. The van der Waals surface area contributed by atoms with E-state index < -0.39 is 0 Å². The zero-order valence-corrected chi connectivity index (χ0v) is 11.0. The number of hydrogen-bond acceptors (Lipinski definition) is 6. The molecule has 1 aromatic heterocycles. The normalized spacial score (nSPS) is 13.1. The van der Waals surface area contributed by atoms with Crippen molar-refractivity contribution in [3.8, 4) is 0 Å². The topological polar surface area (TPSA) is 77.4 Å². The second-order valence-corrected chi connectivity index (χ2v) is 4.54. The van der Waals surface area contributed by atoms with E-state index in [-0.39, 0.29) is 6.04 Å². The van der Waals surface area contributed by atoms with Gasteiger partial charge in [0, 0.05) is 20.2 Å². The van der Waals surface area contributed by atoms with Gasteiger partial charge in [0.15, 0.2) is 0 Å². The molecule has 1 heterocycles. The quantitative estimate of drug-likeness (QED) is 0.774. The van der Waals surface area contributed by atoms with Crippen LogP contribution < -0.4 is 10.6 Å². The van der Waals surface area contributed by atoms with E-state index >= 15 is 0 Å². The molecule has 98 valence electrons. The van der Waals surface area contributed by atoms with Crippen molar-refractivity contribution in [2.24, 2.45) is 11.7 Å². The Hall–Kier alpha value is -1.14. The molecule has 0 radical (unpaired) electrons. The second-order valence-electron chi connectivity index (χ2n) is 4.54. The van der Waals surface area contributed by atoms with Gasteiger partial charge in [-0.3, -0.25) is 0 Å². The number of anilines is 1. The van der Waals surface area contributed by atoms with Gasteiger partial charge < -0.3 is 19.8 Å². The van der Waals surface area contributed by atoms with Crippen LogP contribution in [0.25, 0.3) is 0 Å². The number of hydrogen-bond donors (Lipinski definition) is 1. The van der Waals surface area contributed by atoms with Crippen molar-refractivity contribution < 1.29 is 9.15 Å². The van der Waals surface area contributed by atoms with Crippen molar-refractivity contribution in [2.75, 3.05) is 31.7 Å². The molecule has 0 aliphatic heterocycles. The first-order valence-electron chi connectivity index (χ1n) is 5.87. The molecule has 0 aliphatic carbocycles. The van der Waals surface area contributed by atoms with Crippen molar-refractivity contribution in [1.82, 2.24) is 10.2 Å². The van der Waals surface area contributed by atoms with Crippen molar-refractivity contribution >= 4 is 6.01 Å². The first-order valence-corrected chi connectivity index (χ1v) is 5.87. The summed E-state index contributed by atoms with van der Waals surface area (Å²) in [6.07, 6.45) is 0. The molecule has 6 heteroatoms. The molecule has 0 amide bonds. The zero-order chi connectivity index (χ0) is 12.8. The second kappa shape index (κ2) is 6.56. The molecule has 1 aromatic rings. The van der Waals surface area contributed by atoms with Crippen molar-refractivity contribution in [1.29, 1.82) is 0 Å². The molecule has 0 saturated carbocycles. The van der Waals surface area contributed by atoms with Gasteiger partial charge >= 0.3 is 6.01 Å². The van der Waals surface area contributed by atoms with Gasteiger partial charge in [-0.25, -0.2) is 0 Å². The molecule has 1 atom stereocenters. The highest BCUT2D eigenvalue weighted by molar-refractivity contribution is 5.24. The fourth-order valence-corrected chi connectivity index (χ4v) is 1.45. The average molecular weight is 242 g/mol. The van der Waals surface area contributed by atoms with E-state index in [0.29, 0.717) is 24.4 Å². The Morgan fingerprint density at radius 3 is 2.53 bits per heavy atom. The van der Waals surface area contributed by atoms with Gasteiger partial charge in [0.1, 0.15) is 0 Å². The van der Waals surface area contributed by atoms with Gasteiger partial charge in [0.05, 0.1) is 12.6 Å². The molecule has 1 rings (SSSR count). The van der Waals surface area contributed by atoms with Crippen LogP contribution in [0, 0.1) is 5.92 Å². The van der Waals surface area contributed by atoms with Crippen LogP contribution in [0.3, 0.4) is 0 Å². The lowest BCUT2D eigenvalue weighted by molar-refractivity contribution is 0.203. The summed E-state index contributed by atoms with van der Waals surface area (Å²) in [6.45, 7) is 8.31. The number of nitrogens with two attached hydrogens (primary N) is 1. The highest BCUT2D eigenvalue weighted by Crippen LogP contribution is 2.16. The van der Waals surface area contributed by atoms with E-state index in [1.54, 1.807) is 7.11 Å². The lowest BCUT2D eigenvalue weighted by atomic mass is 10.2. The Bertz CT molecular complexity index is 325. The van der Waals surface area contributed by atoms with Crippen LogP contribution >= 0.6 is 0 Å². The summed E-state index contributed by atoms with van der Waals surface area (Å²) in [5.74, 6) is 0.976. The minimum absolute atomic E-state index is 0.237. The predicted molar refractivity (Wildman–Crippen MR) is 65.8 cm³/mol. The van der Waals surface area contributed by atoms with Crippen LogP contribution in [0.15, 0.2) is 4.42 Å². The molecule has 0 fully saturated rings. The van der Waals surface area contributed by atoms with Crippen molar-refractivity contribution in [3.05, 3.63) is 5.89 Å². The Labute approximate surface area is 102 Å². The van der Waals surface area contributed by atoms with Gasteiger partial charge in [0.25, 0.3) is 0 Å². The Morgan fingerprint density at radius 2 is 2.06 bits per heavy atom. The maximum absolute atomic E-state index is 5.69. The zero-order valence-electron chi connectivity index (χ0n) is 11.0. The highest BCUT2D eigenvalue weighted by Gasteiger charge is 2.17. The number of methoxy groups -OCH3 is 1. The van der Waals surface area contributed by atoms with Crippen LogP contribution in [0.1, 0.15) is 32.7 Å². The summed E-state index contributed by atoms with van der Waals surface area (Å²) in [7, 11) is 1.68. The molecule has 0 bridgehead atoms. The Kier molecular flexibility index (Phi) is 5.37. The Balaban J connectivity index is 2.72. The maximum atomic E-state index is 5.69. The van der Waals surface area contributed by atoms with Crippen LogP contribution in [0.4, 0.5) is 6.01 Å². The third-order valence-corrected chi connectivity index (χ3v) is 2.24. The smallest absolute Gasteiger partial charge is 0.318 e. The summed E-state index contributed by atoms with van der Waals surface area (Å²) >= 11 is 0. The van der Waals surface area contributed by atoms with Crippen LogP contribution in [0.2, 0.25) is 0 Å². The van der Waals surface area contributed by atoms with E-state index in [1.807, 2.05) is 11.8 Å². The number of rotatable bonds is 7. The third-order valence-electron chi connectivity index (χ3n) is 2.24. The van der Waals surface area contributed by atoms with Gasteiger partial charge in [-0.2, -0.15) is 0 Å². The highest BCUT2D eigenvalue weighted by atomic mass is 16.5. The SMILES string of the molecule is COCCN(CC(C)C)c1nnc(C(C)N)o1. The summed E-state index contributed by atoms with van der Waals surface area (Å²) in [4.78, 5) is 2.02. The summed E-state index contributed by atoms with van der Waals surface area (Å²) in [5, 5.41) is 7.95. The number of ether oxygens (including phenoxy) is 1. The first kappa shape index (κ1) is 13.9. The fourth-order valence-electron chi connectivity index (χ4n) is 1.45. The van der Waals surface area contributed by atoms with E-state index in [1.165, 1.54) is 0 Å². The molecule has 1 unspecified atom stereocenters. The lowest BCUT2D eigenvalue weighted by Crippen LogP contribution is -2.31. The van der Waals surface area contributed by atoms with Crippen LogP contribution in [-0.2, 0) is 4.74 Å². The van der Waals surface area contributed by atoms with Gasteiger partial charge in [-0.15, -0.1) is 5.10 Å². The summed E-state index contributed by atoms with van der Waals surface area (Å²) < 4.78 is 10.6. The van der Waals surface area contributed by atoms with E-state index in [9.17, 15) is 0 Å². The minimum Gasteiger partial charge on any atom is -0.406 e. The summed E-state index contributed by atoms with van der Waals surface area (Å²) in [5.41, 5.74) is 5.69. The van der Waals surface area contributed by atoms with Crippen molar-refractivity contribution in [2.45, 2.75) is 26.8 Å². The maximum Gasteiger partial charge on any atom is 0.318 e. The van der Waals surface area contributed by atoms with Gasteiger partial charge in [0.2, 0.25) is 5.89 Å². The fraction of sp³-hybridized carbons (Fsp3) is 0.818. The Morgan fingerprint density at radius 1 is 1.35 bits per heavy atom. The monoisotopic (exact) mass is 242 g/mol. The van der Waals surface area contributed by atoms with Crippen LogP contribution in [0.5, 0.6) is 0 Å². The molecule has 0 aromatic carbocycles. The van der Waals surface area contributed by atoms with Gasteiger partial charge in [-0.1, -0.05) is 18.9 Å². The van der Waals surface area contributed by atoms with E-state index in [0.717, 1.165) is 13.1 Å². The van der Waals surface area contributed by atoms with Crippen molar-refractivity contribution in [3.63, 3.8) is 0 Å². The third kappa shape index (κ3) is 4.32. The van der Waals surface area contributed by atoms with Gasteiger partial charge in [-0.05, 0) is 12.8 Å². The molecule has 0 saturated heterocycles. The largest absolute Gasteiger partial charge is 0.406 e. The number of aromatic nitrogens is 2. The molecule has 17 heavy (non-hydrogen) atoms. The predicted octanol–water partition coefficient (Wildman–Crippen LogP) is 1.20. The molecule has 6 nitrogen and oxygen atoms in total. The molecular formula is C11H22N4O2. The van der Waals surface area contributed by atoms with E-state index in [4.69, 9.17) is 14.9 Å².